The van der Waals surface area contributed by atoms with Crippen LogP contribution in [0, 0.1) is 5.92 Å². The van der Waals surface area contributed by atoms with E-state index in [4.69, 9.17) is 4.99 Å². The van der Waals surface area contributed by atoms with Gasteiger partial charge in [0.05, 0.1) is 27.6 Å². The number of nitrogens with one attached hydrogen (secondary N) is 1. The van der Waals surface area contributed by atoms with Gasteiger partial charge < -0.3 is 13.7 Å². The van der Waals surface area contributed by atoms with Crippen LogP contribution in [0.25, 0.3) is 105 Å². The second-order valence-electron chi connectivity index (χ2n) is 21.9. The highest BCUT2D eigenvalue weighted by molar-refractivity contribution is 6.15. The summed E-state index contributed by atoms with van der Waals surface area (Å²) >= 11 is 0. The third-order valence-corrected chi connectivity index (χ3v) is 17.2. The molecule has 16 rings (SSSR count). The van der Waals surface area contributed by atoms with Crippen molar-refractivity contribution in [1.29, 1.82) is 0 Å². The molecule has 81 heavy (non-hydrogen) atoms. The first kappa shape index (κ1) is 47.0. The Hall–Kier alpha value is -10.1. The molecular formula is C76H55N5. The fourth-order valence-corrected chi connectivity index (χ4v) is 13.2. The van der Waals surface area contributed by atoms with Gasteiger partial charge in [-0.3, -0.25) is 10.3 Å². The highest BCUT2D eigenvalue weighted by Crippen LogP contribution is 2.43. The number of allylic oxidation sites excluding steroid dienone is 7. The molecule has 13 aromatic rings. The van der Waals surface area contributed by atoms with Gasteiger partial charge >= 0.3 is 0 Å². The van der Waals surface area contributed by atoms with Crippen LogP contribution in [0.1, 0.15) is 41.2 Å². The zero-order chi connectivity index (χ0) is 53.4. The lowest BCUT2D eigenvalue weighted by molar-refractivity contribution is 0.398. The Morgan fingerprint density at radius 2 is 0.975 bits per heavy atom. The highest BCUT2D eigenvalue weighted by atomic mass is 15.1. The second kappa shape index (κ2) is 19.4. The molecule has 384 valence electrons. The zero-order valence-electron chi connectivity index (χ0n) is 44.5. The van der Waals surface area contributed by atoms with Crippen LogP contribution in [0.4, 0.5) is 0 Å². The molecule has 1 N–H and O–H groups in total. The average molecular weight is 1040 g/mol. The zero-order valence-corrected chi connectivity index (χ0v) is 44.5. The van der Waals surface area contributed by atoms with Gasteiger partial charge in [0.2, 0.25) is 0 Å². The van der Waals surface area contributed by atoms with Crippen LogP contribution in [0.5, 0.6) is 0 Å². The molecular weight excluding hydrogens is 983 g/mol. The summed E-state index contributed by atoms with van der Waals surface area (Å²) in [4.78, 5) is 5.40. The van der Waals surface area contributed by atoms with E-state index in [1.165, 1.54) is 99.0 Å². The fraction of sp³-hybridized carbons (Fsp3) is 0.0658. The lowest BCUT2D eigenvalue weighted by Crippen LogP contribution is -2.39. The molecule has 0 saturated heterocycles. The highest BCUT2D eigenvalue weighted by Gasteiger charge is 2.34. The van der Waals surface area contributed by atoms with Crippen LogP contribution in [0.2, 0.25) is 0 Å². The molecule has 3 aliphatic rings. The Morgan fingerprint density at radius 3 is 1.70 bits per heavy atom. The van der Waals surface area contributed by atoms with Crippen LogP contribution in [0.15, 0.2) is 296 Å². The average Bonchev–Trinajstić information content (AvgIpc) is 4.33. The summed E-state index contributed by atoms with van der Waals surface area (Å²) < 4.78 is 7.17. The molecule has 0 radical (unpaired) electrons. The molecule has 4 unspecified atom stereocenters. The maximum atomic E-state index is 5.40. The van der Waals surface area contributed by atoms with Crippen molar-refractivity contribution in [2.45, 2.75) is 24.5 Å². The van der Waals surface area contributed by atoms with E-state index in [0.717, 1.165) is 34.8 Å². The first-order valence-corrected chi connectivity index (χ1v) is 28.3. The Labute approximate surface area is 470 Å². The largest absolute Gasteiger partial charge is 0.317 e. The Morgan fingerprint density at radius 1 is 0.383 bits per heavy atom. The van der Waals surface area contributed by atoms with Crippen molar-refractivity contribution in [3.05, 3.63) is 308 Å². The normalized spacial score (nSPS) is 17.7. The van der Waals surface area contributed by atoms with Gasteiger partial charge in [0.1, 0.15) is 6.17 Å². The van der Waals surface area contributed by atoms with E-state index >= 15 is 0 Å². The van der Waals surface area contributed by atoms with Gasteiger partial charge in [0.25, 0.3) is 0 Å². The topological polar surface area (TPSA) is 39.2 Å². The number of aliphatic imine (C=N–C) groups is 1. The number of hydrogen-bond acceptors (Lipinski definition) is 2. The van der Waals surface area contributed by atoms with Crippen molar-refractivity contribution in [2.24, 2.45) is 10.9 Å². The lowest BCUT2D eigenvalue weighted by atomic mass is 9.81. The van der Waals surface area contributed by atoms with E-state index in [1.54, 1.807) is 0 Å². The molecule has 0 amide bonds. The summed E-state index contributed by atoms with van der Waals surface area (Å²) in [6, 6.07) is 87.3. The van der Waals surface area contributed by atoms with E-state index in [1.807, 2.05) is 0 Å². The first-order valence-electron chi connectivity index (χ1n) is 28.3. The lowest BCUT2D eigenvalue weighted by Gasteiger charge is -2.36. The molecule has 4 heterocycles. The maximum absolute atomic E-state index is 5.40. The van der Waals surface area contributed by atoms with E-state index in [9.17, 15) is 0 Å². The van der Waals surface area contributed by atoms with Gasteiger partial charge in [0.15, 0.2) is 0 Å². The van der Waals surface area contributed by atoms with Gasteiger partial charge in [-0.1, -0.05) is 188 Å². The first-order chi connectivity index (χ1) is 40.1. The number of para-hydroxylation sites is 2. The van der Waals surface area contributed by atoms with Gasteiger partial charge in [-0.25, -0.2) is 0 Å². The van der Waals surface area contributed by atoms with Crippen molar-refractivity contribution in [2.75, 3.05) is 0 Å². The summed E-state index contributed by atoms with van der Waals surface area (Å²) in [5, 5.41) is 10.2. The van der Waals surface area contributed by atoms with Gasteiger partial charge in [-0.05, 0) is 154 Å². The van der Waals surface area contributed by atoms with Gasteiger partial charge in [-0.15, -0.1) is 0 Å². The van der Waals surface area contributed by atoms with Crippen LogP contribution in [-0.4, -0.2) is 19.4 Å². The third kappa shape index (κ3) is 8.15. The van der Waals surface area contributed by atoms with Gasteiger partial charge in [-0.2, -0.15) is 0 Å². The molecule has 5 nitrogen and oxygen atoms in total. The summed E-state index contributed by atoms with van der Waals surface area (Å²) in [6.45, 7) is 0. The quantitative estimate of drug-likeness (QED) is 0.154. The number of benzene rings is 10. The molecule has 2 aliphatic carbocycles. The van der Waals surface area contributed by atoms with E-state index in [0.29, 0.717) is 5.92 Å². The molecule has 0 spiro atoms. The van der Waals surface area contributed by atoms with Gasteiger partial charge in [0, 0.05) is 73.8 Å². The standard InChI is InChI=1S/C76H55N5/c1-5-17-50(18-6-1)53-29-35-63(36-30-53)81-72-40-34-56(47-67(72)68-49-73-57(48-74(68)81)41-42-79(73)61-23-11-4-12-24-61)55-33-39-71-66(46-55)64-25-14-16-28-70(64)80(71)62-37-31-54(32-38-62)76-77-69-27-15-13-26-65(69)75(78-76)60-44-58(51-19-7-2-8-20-51)43-59(45-60)52-21-9-3-10-22-52/h1-21,23-49,52,65,75-76,78H,22H2. The summed E-state index contributed by atoms with van der Waals surface area (Å²) in [5.41, 5.74) is 21.4. The summed E-state index contributed by atoms with van der Waals surface area (Å²) in [5.74, 6) is 0.445. The molecule has 1 aliphatic heterocycles. The Bertz CT molecular complexity index is 4740. The number of nitrogens with zero attached hydrogens (tertiary/aromatic N) is 4. The Kier molecular flexibility index (Phi) is 11.2. The molecule has 5 heteroatoms. The smallest absolute Gasteiger partial charge is 0.126 e. The van der Waals surface area contributed by atoms with E-state index < -0.39 is 0 Å². The van der Waals surface area contributed by atoms with E-state index in [-0.39, 0.29) is 18.1 Å². The van der Waals surface area contributed by atoms with Crippen molar-refractivity contribution in [3.8, 4) is 50.4 Å². The molecule has 4 atom stereocenters. The predicted octanol–water partition coefficient (Wildman–Crippen LogP) is 19.0. The number of fused-ring (bicyclic) bond motifs is 8. The van der Waals surface area contributed by atoms with Crippen LogP contribution in [0.3, 0.4) is 0 Å². The Balaban J connectivity index is 0.766. The SMILES string of the molecule is C1=CCC(c2cc(-c3ccccc3)cc(C3NC(c4ccc(-n5c6ccccc6c6cc(-c7ccc8c(c7)c7cc9c(ccn9-c9ccccc9)cc7n8-c7ccc(-c8ccccc8)cc7)ccc65)cc4)N=C4C=CC=CC43)c2)C=C1. The molecule has 0 fully saturated rings. The molecule has 3 aromatic heterocycles. The minimum Gasteiger partial charge on any atom is -0.317 e. The number of aromatic nitrogens is 3. The molecule has 10 aromatic carbocycles. The minimum absolute atomic E-state index is 0.0281. The van der Waals surface area contributed by atoms with Crippen LogP contribution < -0.4 is 5.32 Å². The second-order valence-corrected chi connectivity index (χ2v) is 21.9. The van der Waals surface area contributed by atoms with Crippen molar-refractivity contribution in [1.82, 2.24) is 19.0 Å². The summed E-state index contributed by atoms with van der Waals surface area (Å²) in [6.07, 6.45) is 20.8. The number of hydrogen-bond donors (Lipinski definition) is 1. The predicted molar refractivity (Wildman–Crippen MR) is 338 cm³/mol. The van der Waals surface area contributed by atoms with Crippen LogP contribution >= 0.6 is 0 Å². The number of rotatable bonds is 9. The van der Waals surface area contributed by atoms with Crippen molar-refractivity contribution < 1.29 is 0 Å². The van der Waals surface area contributed by atoms with Crippen molar-refractivity contribution in [3.63, 3.8) is 0 Å². The van der Waals surface area contributed by atoms with E-state index in [2.05, 4.69) is 310 Å². The maximum Gasteiger partial charge on any atom is 0.126 e. The fourth-order valence-electron chi connectivity index (χ4n) is 13.2. The monoisotopic (exact) mass is 1040 g/mol. The molecule has 0 saturated carbocycles. The van der Waals surface area contributed by atoms with Crippen LogP contribution in [-0.2, 0) is 0 Å². The van der Waals surface area contributed by atoms with Crippen molar-refractivity contribution >= 4 is 60.2 Å². The third-order valence-electron chi connectivity index (χ3n) is 17.2. The minimum atomic E-state index is -0.222. The molecule has 0 bridgehead atoms. The summed E-state index contributed by atoms with van der Waals surface area (Å²) in [7, 11) is 0.